The van der Waals surface area contributed by atoms with Gasteiger partial charge in [-0.15, -0.1) is 0 Å². The molecule has 5 heteroatoms. The summed E-state index contributed by atoms with van der Waals surface area (Å²) in [6, 6.07) is 3.73. The molecule has 16 heavy (non-hydrogen) atoms. The van der Waals surface area contributed by atoms with E-state index in [-0.39, 0.29) is 11.7 Å². The minimum Gasteiger partial charge on any atom is -0.481 e. The van der Waals surface area contributed by atoms with Gasteiger partial charge >= 0.3 is 5.97 Å². The fraction of sp³-hybridized carbons (Fsp3) is 0.364. The van der Waals surface area contributed by atoms with Gasteiger partial charge in [0.2, 0.25) is 0 Å². The second-order valence-electron chi connectivity index (χ2n) is 3.68. The molecule has 3 nitrogen and oxygen atoms in total. The van der Waals surface area contributed by atoms with E-state index in [0.717, 1.165) is 0 Å². The highest BCUT2D eigenvalue weighted by Crippen LogP contribution is 2.21. The summed E-state index contributed by atoms with van der Waals surface area (Å²) < 4.78 is 13.3. The Kier molecular flexibility index (Phi) is 4.12. The molecule has 0 radical (unpaired) electrons. The minimum absolute atomic E-state index is 0.216. The van der Waals surface area contributed by atoms with Crippen LogP contribution in [0.25, 0.3) is 0 Å². The van der Waals surface area contributed by atoms with E-state index in [1.807, 2.05) is 0 Å². The lowest BCUT2D eigenvalue weighted by molar-refractivity contribution is -0.141. The molecule has 2 unspecified atom stereocenters. The van der Waals surface area contributed by atoms with Crippen LogP contribution in [0.15, 0.2) is 18.2 Å². The third-order valence-corrected chi connectivity index (χ3v) is 2.69. The van der Waals surface area contributed by atoms with Crippen LogP contribution in [0.1, 0.15) is 13.8 Å². The van der Waals surface area contributed by atoms with Crippen molar-refractivity contribution in [3.63, 3.8) is 0 Å². The highest BCUT2D eigenvalue weighted by molar-refractivity contribution is 6.30. The number of halogens is 2. The quantitative estimate of drug-likeness (QED) is 0.857. The van der Waals surface area contributed by atoms with Crippen molar-refractivity contribution in [1.29, 1.82) is 0 Å². The van der Waals surface area contributed by atoms with Crippen molar-refractivity contribution >= 4 is 23.3 Å². The number of carboxylic acids is 1. The van der Waals surface area contributed by atoms with Crippen LogP contribution in [0.3, 0.4) is 0 Å². The van der Waals surface area contributed by atoms with Crippen molar-refractivity contribution in [3.05, 3.63) is 29.0 Å². The van der Waals surface area contributed by atoms with Crippen molar-refractivity contribution in [3.8, 4) is 0 Å². The summed E-state index contributed by atoms with van der Waals surface area (Å²) in [5, 5.41) is 12.0. The third kappa shape index (κ3) is 3.10. The SMILES string of the molecule is CC(Nc1cc(Cl)ccc1F)C(C)C(=O)O. The van der Waals surface area contributed by atoms with Gasteiger partial charge in [0.05, 0.1) is 11.6 Å². The summed E-state index contributed by atoms with van der Waals surface area (Å²) >= 11 is 5.72. The van der Waals surface area contributed by atoms with Crippen LogP contribution >= 0.6 is 11.6 Å². The maximum Gasteiger partial charge on any atom is 0.308 e. The van der Waals surface area contributed by atoms with E-state index in [1.54, 1.807) is 13.8 Å². The molecule has 0 heterocycles. The molecule has 0 aromatic heterocycles. The summed E-state index contributed by atoms with van der Waals surface area (Å²) in [4.78, 5) is 10.7. The largest absolute Gasteiger partial charge is 0.481 e. The van der Waals surface area contributed by atoms with E-state index >= 15 is 0 Å². The summed E-state index contributed by atoms with van der Waals surface area (Å²) in [7, 11) is 0. The maximum atomic E-state index is 13.3. The van der Waals surface area contributed by atoms with Crippen LogP contribution in [0, 0.1) is 11.7 Å². The second kappa shape index (κ2) is 5.16. The maximum absolute atomic E-state index is 13.3. The van der Waals surface area contributed by atoms with E-state index in [4.69, 9.17) is 16.7 Å². The van der Waals surface area contributed by atoms with Crippen molar-refractivity contribution in [2.24, 2.45) is 5.92 Å². The summed E-state index contributed by atoms with van der Waals surface area (Å²) in [6.45, 7) is 3.24. The predicted octanol–water partition coefficient (Wildman–Crippen LogP) is 3.00. The average molecular weight is 246 g/mol. The normalized spacial score (nSPS) is 14.2. The highest BCUT2D eigenvalue weighted by Gasteiger charge is 2.20. The molecule has 2 N–H and O–H groups in total. The number of anilines is 1. The van der Waals surface area contributed by atoms with Gasteiger partial charge in [-0.05, 0) is 32.0 Å². The average Bonchev–Trinajstić information content (AvgIpc) is 2.22. The number of rotatable bonds is 4. The molecule has 1 rings (SSSR count). The molecule has 0 aliphatic carbocycles. The van der Waals surface area contributed by atoms with Gasteiger partial charge in [0, 0.05) is 11.1 Å². The molecule has 1 aromatic rings. The number of nitrogens with one attached hydrogen (secondary N) is 1. The molecule has 0 spiro atoms. The Balaban J connectivity index is 2.80. The predicted molar refractivity (Wildman–Crippen MR) is 61.3 cm³/mol. The van der Waals surface area contributed by atoms with Crippen molar-refractivity contribution in [2.75, 3.05) is 5.32 Å². The Morgan fingerprint density at radius 2 is 2.12 bits per heavy atom. The highest BCUT2D eigenvalue weighted by atomic mass is 35.5. The Morgan fingerprint density at radius 3 is 2.69 bits per heavy atom. The molecular formula is C11H13ClFNO2. The fourth-order valence-electron chi connectivity index (χ4n) is 1.19. The van der Waals surface area contributed by atoms with Gasteiger partial charge in [-0.1, -0.05) is 11.6 Å². The first kappa shape index (κ1) is 12.8. The van der Waals surface area contributed by atoms with E-state index in [0.29, 0.717) is 5.02 Å². The van der Waals surface area contributed by atoms with Crippen molar-refractivity contribution < 1.29 is 14.3 Å². The minimum atomic E-state index is -0.928. The first-order valence-electron chi connectivity index (χ1n) is 4.86. The molecule has 88 valence electrons. The molecule has 2 atom stereocenters. The van der Waals surface area contributed by atoms with Crippen molar-refractivity contribution in [2.45, 2.75) is 19.9 Å². The molecule has 0 aliphatic heterocycles. The molecule has 0 bridgehead atoms. The molecule has 0 amide bonds. The fourth-order valence-corrected chi connectivity index (χ4v) is 1.36. The smallest absolute Gasteiger partial charge is 0.308 e. The van der Waals surface area contributed by atoms with Crippen LogP contribution in [0.4, 0.5) is 10.1 Å². The molecular weight excluding hydrogens is 233 g/mol. The lowest BCUT2D eigenvalue weighted by Gasteiger charge is -2.19. The van der Waals surface area contributed by atoms with Gasteiger partial charge < -0.3 is 10.4 Å². The first-order chi connectivity index (χ1) is 7.41. The lowest BCUT2D eigenvalue weighted by atomic mass is 10.0. The second-order valence-corrected chi connectivity index (χ2v) is 4.12. The summed E-state index contributed by atoms with van der Waals surface area (Å²) in [6.07, 6.45) is 0. The van der Waals surface area contributed by atoms with Crippen molar-refractivity contribution in [1.82, 2.24) is 0 Å². The van der Waals surface area contributed by atoms with Gasteiger partial charge in [0.1, 0.15) is 5.82 Å². The van der Waals surface area contributed by atoms with Crippen LogP contribution in [-0.2, 0) is 4.79 Å². The third-order valence-electron chi connectivity index (χ3n) is 2.45. The zero-order valence-electron chi connectivity index (χ0n) is 9.00. The van der Waals surface area contributed by atoms with Gasteiger partial charge in [-0.3, -0.25) is 4.79 Å². The zero-order valence-corrected chi connectivity index (χ0v) is 9.75. The number of hydrogen-bond donors (Lipinski definition) is 2. The standard InChI is InChI=1S/C11H13ClFNO2/c1-6(11(15)16)7(2)14-10-5-8(12)3-4-9(10)13/h3-7,14H,1-2H3,(H,15,16). The molecule has 0 saturated heterocycles. The van der Waals surface area contributed by atoms with E-state index in [2.05, 4.69) is 5.32 Å². The van der Waals surface area contributed by atoms with Gasteiger partial charge in [0.15, 0.2) is 0 Å². The Hall–Kier alpha value is -1.29. The topological polar surface area (TPSA) is 49.3 Å². The lowest BCUT2D eigenvalue weighted by Crippen LogP contribution is -2.30. The Morgan fingerprint density at radius 1 is 1.50 bits per heavy atom. The van der Waals surface area contributed by atoms with E-state index in [9.17, 15) is 9.18 Å². The first-order valence-corrected chi connectivity index (χ1v) is 5.24. The number of carboxylic acid groups (broad SMARTS) is 1. The molecule has 0 fully saturated rings. The zero-order chi connectivity index (χ0) is 12.3. The van der Waals surface area contributed by atoms with Crippen LogP contribution < -0.4 is 5.32 Å². The van der Waals surface area contributed by atoms with E-state index < -0.39 is 17.7 Å². The Bertz CT molecular complexity index is 398. The number of benzene rings is 1. The van der Waals surface area contributed by atoms with E-state index in [1.165, 1.54) is 18.2 Å². The molecule has 0 saturated carbocycles. The van der Waals surface area contributed by atoms with Crippen LogP contribution in [0.5, 0.6) is 0 Å². The molecule has 0 aliphatic rings. The molecule has 1 aromatic carbocycles. The summed E-state index contributed by atoms with van der Waals surface area (Å²) in [5.74, 6) is -1.99. The van der Waals surface area contributed by atoms with Gasteiger partial charge in [-0.25, -0.2) is 4.39 Å². The Labute approximate surface area is 98.2 Å². The number of aliphatic carboxylic acids is 1. The van der Waals surface area contributed by atoms with Gasteiger partial charge in [0.25, 0.3) is 0 Å². The van der Waals surface area contributed by atoms with Crippen LogP contribution in [0.2, 0.25) is 5.02 Å². The monoisotopic (exact) mass is 245 g/mol. The summed E-state index contributed by atoms with van der Waals surface area (Å²) in [5.41, 5.74) is 0.216. The number of hydrogen-bond acceptors (Lipinski definition) is 2. The van der Waals surface area contributed by atoms with Gasteiger partial charge in [-0.2, -0.15) is 0 Å². The number of carbonyl (C=O) groups is 1. The van der Waals surface area contributed by atoms with Crippen LogP contribution in [-0.4, -0.2) is 17.1 Å².